The molecular formula is C23H27NO3. The van der Waals surface area contributed by atoms with Crippen LogP contribution in [0.3, 0.4) is 0 Å². The zero-order valence-corrected chi connectivity index (χ0v) is 16.2. The lowest BCUT2D eigenvalue weighted by molar-refractivity contribution is -0.118. The SMILES string of the molecule is Cc1cc(-c2ccc3c(c2CC2CCOCC2)CC(=O)CC3)cn(C)c1=O. The van der Waals surface area contributed by atoms with Crippen molar-refractivity contribution in [3.05, 3.63) is 57.0 Å². The van der Waals surface area contributed by atoms with Crippen LogP contribution in [0.1, 0.15) is 41.5 Å². The lowest BCUT2D eigenvalue weighted by Crippen LogP contribution is -2.22. The number of aromatic nitrogens is 1. The van der Waals surface area contributed by atoms with E-state index in [2.05, 4.69) is 12.1 Å². The fourth-order valence-corrected chi connectivity index (χ4v) is 4.52. The third-order valence-electron chi connectivity index (χ3n) is 6.08. The number of ketones is 1. The molecular weight excluding hydrogens is 338 g/mol. The third kappa shape index (κ3) is 3.63. The van der Waals surface area contributed by atoms with Gasteiger partial charge in [0.25, 0.3) is 5.56 Å². The highest BCUT2D eigenvalue weighted by Crippen LogP contribution is 2.35. The maximum atomic E-state index is 12.2. The van der Waals surface area contributed by atoms with E-state index in [4.69, 9.17) is 4.74 Å². The third-order valence-corrected chi connectivity index (χ3v) is 6.08. The van der Waals surface area contributed by atoms with Crippen molar-refractivity contribution in [2.24, 2.45) is 13.0 Å². The van der Waals surface area contributed by atoms with Crippen molar-refractivity contribution in [1.82, 2.24) is 4.57 Å². The average Bonchev–Trinajstić information content (AvgIpc) is 2.67. The van der Waals surface area contributed by atoms with Crippen LogP contribution in [0.15, 0.2) is 29.2 Å². The number of carbonyl (C=O) groups is 1. The molecule has 0 saturated carbocycles. The van der Waals surface area contributed by atoms with E-state index in [0.717, 1.165) is 50.0 Å². The van der Waals surface area contributed by atoms with Gasteiger partial charge in [-0.1, -0.05) is 12.1 Å². The Balaban J connectivity index is 1.84. The Kier molecular flexibility index (Phi) is 5.00. The van der Waals surface area contributed by atoms with Crippen molar-refractivity contribution in [1.29, 1.82) is 0 Å². The number of benzene rings is 1. The molecule has 27 heavy (non-hydrogen) atoms. The molecule has 142 valence electrons. The van der Waals surface area contributed by atoms with Crippen LogP contribution in [-0.2, 0) is 35.8 Å². The fraction of sp³-hybridized carbons (Fsp3) is 0.478. The summed E-state index contributed by atoms with van der Waals surface area (Å²) in [6, 6.07) is 6.37. The highest BCUT2D eigenvalue weighted by Gasteiger charge is 2.24. The van der Waals surface area contributed by atoms with Gasteiger partial charge in [-0.25, -0.2) is 0 Å². The number of aryl methyl sites for hydroxylation is 3. The molecule has 2 heterocycles. The van der Waals surface area contributed by atoms with E-state index in [1.54, 1.807) is 11.6 Å². The van der Waals surface area contributed by atoms with Crippen molar-refractivity contribution in [3.63, 3.8) is 0 Å². The number of hydrogen-bond acceptors (Lipinski definition) is 3. The molecule has 1 aliphatic heterocycles. The normalized spacial score (nSPS) is 17.8. The lowest BCUT2D eigenvalue weighted by Gasteiger charge is -2.27. The summed E-state index contributed by atoms with van der Waals surface area (Å²) >= 11 is 0. The van der Waals surface area contributed by atoms with Gasteiger partial charge in [0.1, 0.15) is 5.78 Å². The van der Waals surface area contributed by atoms with Crippen molar-refractivity contribution < 1.29 is 9.53 Å². The van der Waals surface area contributed by atoms with Gasteiger partial charge in [-0.2, -0.15) is 0 Å². The number of carbonyl (C=O) groups excluding carboxylic acids is 1. The number of Topliss-reactive ketones (excluding diaryl/α,β-unsaturated/α-hetero) is 1. The van der Waals surface area contributed by atoms with Gasteiger partial charge in [-0.3, -0.25) is 9.59 Å². The van der Waals surface area contributed by atoms with E-state index in [0.29, 0.717) is 24.5 Å². The summed E-state index contributed by atoms with van der Waals surface area (Å²) in [5, 5.41) is 0. The van der Waals surface area contributed by atoms with E-state index in [1.165, 1.54) is 22.3 Å². The zero-order chi connectivity index (χ0) is 19.0. The monoisotopic (exact) mass is 365 g/mol. The molecule has 1 aromatic heterocycles. The number of rotatable bonds is 3. The standard InChI is InChI=1S/C23H27NO3/c1-15-11-18(14-24(2)23(15)26)20-6-4-17-3-5-19(25)13-21(17)22(20)12-16-7-9-27-10-8-16/h4,6,11,14,16H,3,5,7-10,12-13H2,1-2H3. The maximum absolute atomic E-state index is 12.2. The van der Waals surface area contributed by atoms with Crippen LogP contribution in [0.25, 0.3) is 11.1 Å². The first-order valence-electron chi connectivity index (χ1n) is 9.93. The van der Waals surface area contributed by atoms with Gasteiger partial charge in [0, 0.05) is 44.9 Å². The van der Waals surface area contributed by atoms with E-state index in [1.807, 2.05) is 19.2 Å². The second kappa shape index (κ2) is 7.43. The minimum atomic E-state index is 0.0397. The summed E-state index contributed by atoms with van der Waals surface area (Å²) in [7, 11) is 1.80. The van der Waals surface area contributed by atoms with Gasteiger partial charge in [0.15, 0.2) is 0 Å². The summed E-state index contributed by atoms with van der Waals surface area (Å²) in [5.74, 6) is 0.930. The van der Waals surface area contributed by atoms with Crippen LogP contribution in [0, 0.1) is 12.8 Å². The van der Waals surface area contributed by atoms with E-state index >= 15 is 0 Å². The van der Waals surface area contributed by atoms with Crippen LogP contribution in [0.5, 0.6) is 0 Å². The minimum absolute atomic E-state index is 0.0397. The lowest BCUT2D eigenvalue weighted by atomic mass is 9.79. The molecule has 1 fully saturated rings. The molecule has 0 radical (unpaired) electrons. The summed E-state index contributed by atoms with van der Waals surface area (Å²) in [6.07, 6.45) is 7.11. The van der Waals surface area contributed by atoms with Crippen LogP contribution >= 0.6 is 0 Å². The molecule has 0 atom stereocenters. The van der Waals surface area contributed by atoms with Crippen molar-refractivity contribution in [2.45, 2.75) is 45.4 Å². The Labute approximate surface area is 160 Å². The Bertz CT molecular complexity index is 909. The molecule has 1 aliphatic carbocycles. The predicted octanol–water partition coefficient (Wildman–Crippen LogP) is 3.39. The molecule has 0 amide bonds. The van der Waals surface area contributed by atoms with Crippen molar-refractivity contribution >= 4 is 5.78 Å². The van der Waals surface area contributed by atoms with Gasteiger partial charge in [-0.15, -0.1) is 0 Å². The Morgan fingerprint density at radius 1 is 1.15 bits per heavy atom. The molecule has 0 spiro atoms. The van der Waals surface area contributed by atoms with Crippen molar-refractivity contribution in [3.8, 4) is 11.1 Å². The Morgan fingerprint density at radius 3 is 2.67 bits per heavy atom. The number of hydrogen-bond donors (Lipinski definition) is 0. The highest BCUT2D eigenvalue weighted by molar-refractivity contribution is 5.85. The fourth-order valence-electron chi connectivity index (χ4n) is 4.52. The van der Waals surface area contributed by atoms with Crippen molar-refractivity contribution in [2.75, 3.05) is 13.2 Å². The van der Waals surface area contributed by atoms with Gasteiger partial charge in [0.2, 0.25) is 0 Å². The quantitative estimate of drug-likeness (QED) is 0.838. The first-order valence-corrected chi connectivity index (χ1v) is 9.93. The largest absolute Gasteiger partial charge is 0.381 e. The predicted molar refractivity (Wildman–Crippen MR) is 106 cm³/mol. The molecule has 4 rings (SSSR count). The summed E-state index contributed by atoms with van der Waals surface area (Å²) in [5.41, 5.74) is 6.90. The van der Waals surface area contributed by atoms with Crippen LogP contribution in [-0.4, -0.2) is 23.6 Å². The summed E-state index contributed by atoms with van der Waals surface area (Å²) in [4.78, 5) is 24.3. The smallest absolute Gasteiger partial charge is 0.253 e. The van der Waals surface area contributed by atoms with Gasteiger partial charge < -0.3 is 9.30 Å². The van der Waals surface area contributed by atoms with Crippen LogP contribution < -0.4 is 5.56 Å². The Hall–Kier alpha value is -2.20. The molecule has 1 aromatic carbocycles. The second-order valence-corrected chi connectivity index (χ2v) is 8.03. The number of nitrogens with zero attached hydrogens (tertiary/aromatic N) is 1. The molecule has 0 unspecified atom stereocenters. The summed E-state index contributed by atoms with van der Waals surface area (Å²) in [6.45, 7) is 3.52. The molecule has 1 saturated heterocycles. The van der Waals surface area contributed by atoms with Gasteiger partial charge in [-0.05, 0) is 72.4 Å². The van der Waals surface area contributed by atoms with Crippen LogP contribution in [0.4, 0.5) is 0 Å². The van der Waals surface area contributed by atoms with Gasteiger partial charge >= 0.3 is 0 Å². The molecule has 2 aromatic rings. The first-order chi connectivity index (χ1) is 13.0. The first kappa shape index (κ1) is 18.2. The number of pyridine rings is 1. The summed E-state index contributed by atoms with van der Waals surface area (Å²) < 4.78 is 7.19. The molecule has 0 N–H and O–H groups in total. The average molecular weight is 365 g/mol. The highest BCUT2D eigenvalue weighted by atomic mass is 16.5. The minimum Gasteiger partial charge on any atom is -0.381 e. The zero-order valence-electron chi connectivity index (χ0n) is 16.2. The van der Waals surface area contributed by atoms with Gasteiger partial charge in [0.05, 0.1) is 0 Å². The van der Waals surface area contributed by atoms with E-state index in [-0.39, 0.29) is 5.56 Å². The number of ether oxygens (including phenoxy) is 1. The van der Waals surface area contributed by atoms with E-state index in [9.17, 15) is 9.59 Å². The molecule has 2 aliphatic rings. The molecule has 4 nitrogen and oxygen atoms in total. The number of fused-ring (bicyclic) bond motifs is 1. The van der Waals surface area contributed by atoms with E-state index < -0.39 is 0 Å². The topological polar surface area (TPSA) is 48.3 Å². The Morgan fingerprint density at radius 2 is 1.93 bits per heavy atom. The second-order valence-electron chi connectivity index (χ2n) is 8.03. The van der Waals surface area contributed by atoms with Crippen LogP contribution in [0.2, 0.25) is 0 Å². The molecule has 0 bridgehead atoms. The maximum Gasteiger partial charge on any atom is 0.253 e. The molecule has 4 heteroatoms.